The van der Waals surface area contributed by atoms with Crippen molar-refractivity contribution in [2.45, 2.75) is 20.8 Å². The second-order valence-corrected chi connectivity index (χ2v) is 8.76. The molecule has 0 aliphatic heterocycles. The van der Waals surface area contributed by atoms with Crippen molar-refractivity contribution in [3.8, 4) is 0 Å². The maximum atomic E-state index is 12.1. The molecule has 0 bridgehead atoms. The SMILES string of the molecule is Cc1ncc(Br)nc1N.Cc1ncc(Cl)nc1N.Cc1ncc(F)nc1N.Nc1ncc(I)nc1N. The third-order valence-corrected chi connectivity index (χ3v) is 4.77. The highest BCUT2D eigenvalue weighted by Crippen LogP contribution is 2.09. The van der Waals surface area contributed by atoms with Crippen molar-refractivity contribution in [3.05, 3.63) is 61.3 Å². The molecule has 0 saturated carbocycles. The Balaban J connectivity index is 0.000000240. The topological polar surface area (TPSA) is 233 Å². The summed E-state index contributed by atoms with van der Waals surface area (Å²) in [5.74, 6) is 0.956. The zero-order valence-electron chi connectivity index (χ0n) is 19.3. The monoisotopic (exact) mass is 693 g/mol. The molecule has 10 N–H and O–H groups in total. The number of anilines is 5. The fraction of sp³-hybridized carbons (Fsp3) is 0.158. The number of nitrogens with zero attached hydrogens (tertiary/aromatic N) is 8. The van der Waals surface area contributed by atoms with Crippen LogP contribution in [0.4, 0.5) is 33.5 Å². The van der Waals surface area contributed by atoms with Crippen LogP contribution < -0.4 is 28.7 Å². The average Bonchev–Trinajstić information content (AvgIpc) is 2.81. The first-order valence-corrected chi connectivity index (χ1v) is 11.8. The van der Waals surface area contributed by atoms with Gasteiger partial charge in [0.25, 0.3) is 0 Å². The number of aromatic nitrogens is 8. The first-order chi connectivity index (χ1) is 16.8. The van der Waals surface area contributed by atoms with Gasteiger partial charge in [0.2, 0.25) is 5.95 Å². The van der Waals surface area contributed by atoms with E-state index in [-0.39, 0.29) is 11.6 Å². The second-order valence-electron chi connectivity index (χ2n) is 6.45. The van der Waals surface area contributed by atoms with Crippen LogP contribution >= 0.6 is 50.1 Å². The van der Waals surface area contributed by atoms with Crippen molar-refractivity contribution < 1.29 is 4.39 Å². The molecule has 0 radical (unpaired) electrons. The fourth-order valence-electron chi connectivity index (χ4n) is 1.71. The lowest BCUT2D eigenvalue weighted by Gasteiger charge is -1.95. The van der Waals surface area contributed by atoms with Gasteiger partial charge in [-0.2, -0.15) is 9.37 Å². The van der Waals surface area contributed by atoms with E-state index in [0.29, 0.717) is 38.6 Å². The van der Waals surface area contributed by atoms with E-state index in [0.717, 1.165) is 15.6 Å². The molecule has 17 heteroatoms. The van der Waals surface area contributed by atoms with Crippen LogP contribution in [0.5, 0.6) is 0 Å². The van der Waals surface area contributed by atoms with Gasteiger partial charge in [-0.05, 0) is 59.3 Å². The van der Waals surface area contributed by atoms with Crippen molar-refractivity contribution in [3.63, 3.8) is 0 Å². The van der Waals surface area contributed by atoms with E-state index < -0.39 is 5.95 Å². The molecule has 0 aliphatic carbocycles. The second kappa shape index (κ2) is 15.0. The van der Waals surface area contributed by atoms with Crippen LogP contribution in [0.15, 0.2) is 29.4 Å². The van der Waals surface area contributed by atoms with E-state index >= 15 is 0 Å². The summed E-state index contributed by atoms with van der Waals surface area (Å²) in [7, 11) is 0. The molecule has 0 atom stereocenters. The summed E-state index contributed by atoms with van der Waals surface area (Å²) in [5, 5.41) is 0.332. The van der Waals surface area contributed by atoms with E-state index in [4.69, 9.17) is 40.3 Å². The Labute approximate surface area is 233 Å². The molecular weight excluding hydrogens is 672 g/mol. The highest BCUT2D eigenvalue weighted by Gasteiger charge is 1.97. The first-order valence-electron chi connectivity index (χ1n) is 9.57. The number of hydrogen-bond donors (Lipinski definition) is 5. The molecule has 0 spiro atoms. The zero-order chi connectivity index (χ0) is 27.4. The summed E-state index contributed by atoms with van der Waals surface area (Å²) >= 11 is 10.6. The Morgan fingerprint density at radius 1 is 0.667 bits per heavy atom. The van der Waals surface area contributed by atoms with E-state index in [9.17, 15) is 4.39 Å². The minimum absolute atomic E-state index is 0.148. The van der Waals surface area contributed by atoms with Gasteiger partial charge in [0, 0.05) is 0 Å². The maximum Gasteiger partial charge on any atom is 0.233 e. The van der Waals surface area contributed by atoms with Gasteiger partial charge >= 0.3 is 0 Å². The Bertz CT molecular complexity index is 1100. The quantitative estimate of drug-likeness (QED) is 0.167. The molecule has 0 aliphatic rings. The average molecular weight is 695 g/mol. The highest BCUT2D eigenvalue weighted by atomic mass is 127. The normalized spacial score (nSPS) is 9.53. The van der Waals surface area contributed by atoms with Gasteiger partial charge < -0.3 is 28.7 Å². The molecule has 13 nitrogen and oxygen atoms in total. The predicted molar refractivity (Wildman–Crippen MR) is 150 cm³/mol. The standard InChI is InChI=1S/C5H6BrN3.C5H6ClN3.C5H6FN3.C4H5IN4/c3*1-3-5(7)9-4(6)2-8-3;5-2-1-8-3(6)4(7)9-2/h3*2H,1H3,(H2,7,9);1H,(H2,6,8)(H2,7,9). The Kier molecular flexibility index (Phi) is 12.8. The smallest absolute Gasteiger partial charge is 0.233 e. The first kappa shape index (κ1) is 30.8. The van der Waals surface area contributed by atoms with Crippen LogP contribution in [0.25, 0.3) is 0 Å². The minimum Gasteiger partial charge on any atom is -0.382 e. The van der Waals surface area contributed by atoms with E-state index in [2.05, 4.69) is 55.8 Å². The molecule has 4 heterocycles. The predicted octanol–water partition coefficient (Wildman–Crippen LogP) is 2.90. The molecule has 36 heavy (non-hydrogen) atoms. The molecule has 4 rings (SSSR count). The number of nitrogens with two attached hydrogens (primary N) is 5. The molecule has 4 aromatic heterocycles. The molecular formula is C19H23BrClFIN13. The van der Waals surface area contributed by atoms with Crippen molar-refractivity contribution >= 4 is 79.2 Å². The zero-order valence-corrected chi connectivity index (χ0v) is 23.8. The minimum atomic E-state index is -0.641. The van der Waals surface area contributed by atoms with E-state index in [1.165, 1.54) is 6.20 Å². The van der Waals surface area contributed by atoms with Crippen molar-refractivity contribution in [1.82, 2.24) is 39.9 Å². The summed E-state index contributed by atoms with van der Waals surface area (Å²) in [6.07, 6.45) is 5.68. The van der Waals surface area contributed by atoms with Crippen LogP contribution in [-0.2, 0) is 0 Å². The van der Waals surface area contributed by atoms with Crippen molar-refractivity contribution in [2.75, 3.05) is 28.7 Å². The molecule has 0 amide bonds. The molecule has 0 unspecified atom stereocenters. The third kappa shape index (κ3) is 11.5. The Hall–Kier alpha value is -3.25. The van der Waals surface area contributed by atoms with E-state index in [1.54, 1.807) is 26.2 Å². The highest BCUT2D eigenvalue weighted by molar-refractivity contribution is 14.1. The van der Waals surface area contributed by atoms with Crippen LogP contribution in [0, 0.1) is 30.4 Å². The van der Waals surface area contributed by atoms with Gasteiger partial charge in [0.05, 0.1) is 41.9 Å². The summed E-state index contributed by atoms with van der Waals surface area (Å²) in [4.78, 5) is 30.0. The molecule has 4 aromatic rings. The number of aryl methyl sites for hydroxylation is 3. The van der Waals surface area contributed by atoms with Gasteiger partial charge in [0.1, 0.15) is 30.9 Å². The van der Waals surface area contributed by atoms with E-state index in [1.807, 2.05) is 29.5 Å². The summed E-state index contributed by atoms with van der Waals surface area (Å²) in [5.41, 5.74) is 28.6. The Morgan fingerprint density at radius 3 is 1.56 bits per heavy atom. The van der Waals surface area contributed by atoms with Crippen LogP contribution in [-0.4, -0.2) is 39.9 Å². The summed E-state index contributed by atoms with van der Waals surface area (Å²) < 4.78 is 13.5. The summed E-state index contributed by atoms with van der Waals surface area (Å²) in [6.45, 7) is 5.26. The third-order valence-electron chi connectivity index (χ3n) is 3.69. The van der Waals surface area contributed by atoms with Crippen molar-refractivity contribution in [2.24, 2.45) is 0 Å². The van der Waals surface area contributed by atoms with Gasteiger partial charge in [-0.1, -0.05) is 11.6 Å². The Morgan fingerprint density at radius 2 is 1.17 bits per heavy atom. The molecule has 0 aromatic carbocycles. The lowest BCUT2D eigenvalue weighted by molar-refractivity contribution is 0.577. The van der Waals surface area contributed by atoms with Gasteiger partial charge in [-0.3, -0.25) is 15.0 Å². The summed E-state index contributed by atoms with van der Waals surface area (Å²) in [6, 6.07) is 0. The van der Waals surface area contributed by atoms with Crippen molar-refractivity contribution in [1.29, 1.82) is 0 Å². The number of rotatable bonds is 0. The van der Waals surface area contributed by atoms with Gasteiger partial charge in [-0.25, -0.2) is 19.9 Å². The molecule has 0 saturated heterocycles. The number of halogens is 4. The lowest BCUT2D eigenvalue weighted by Crippen LogP contribution is -2.01. The van der Waals surface area contributed by atoms with Gasteiger partial charge in [-0.15, -0.1) is 0 Å². The molecule has 192 valence electrons. The van der Waals surface area contributed by atoms with Crippen LogP contribution in [0.3, 0.4) is 0 Å². The van der Waals surface area contributed by atoms with Crippen LogP contribution in [0.1, 0.15) is 17.1 Å². The fourth-order valence-corrected chi connectivity index (χ4v) is 2.55. The lowest BCUT2D eigenvalue weighted by atomic mass is 10.5. The van der Waals surface area contributed by atoms with Gasteiger partial charge in [0.15, 0.2) is 11.6 Å². The number of hydrogen-bond acceptors (Lipinski definition) is 13. The largest absolute Gasteiger partial charge is 0.382 e. The van der Waals surface area contributed by atoms with Crippen LogP contribution in [0.2, 0.25) is 5.15 Å². The number of nitrogen functional groups attached to an aromatic ring is 5. The molecule has 0 fully saturated rings. The maximum absolute atomic E-state index is 12.1.